The second kappa shape index (κ2) is 6.55. The highest BCUT2D eigenvalue weighted by Crippen LogP contribution is 2.25. The quantitative estimate of drug-likeness (QED) is 0.888. The largest absolute Gasteiger partial charge is 0.390 e. The molecule has 1 aromatic rings. The minimum absolute atomic E-state index is 0.328. The topological polar surface area (TPSA) is 48.4 Å². The first-order valence-corrected chi connectivity index (χ1v) is 7.66. The molecule has 2 N–H and O–H groups in total. The van der Waals surface area contributed by atoms with Crippen molar-refractivity contribution in [1.82, 2.24) is 10.3 Å². The van der Waals surface area contributed by atoms with Gasteiger partial charge in [0.2, 0.25) is 0 Å². The lowest BCUT2D eigenvalue weighted by Gasteiger charge is -2.24. The van der Waals surface area contributed by atoms with Gasteiger partial charge < -0.3 is 15.3 Å². The first-order chi connectivity index (χ1) is 9.55. The number of nitrogens with one attached hydrogen (secondary N) is 1. The summed E-state index contributed by atoms with van der Waals surface area (Å²) in [5.74, 6) is 0. The third-order valence-electron chi connectivity index (χ3n) is 4.31. The van der Waals surface area contributed by atoms with Crippen LogP contribution in [0.3, 0.4) is 0 Å². The van der Waals surface area contributed by atoms with Crippen molar-refractivity contribution >= 4 is 5.69 Å². The van der Waals surface area contributed by atoms with Gasteiger partial charge >= 0.3 is 0 Å². The van der Waals surface area contributed by atoms with Crippen molar-refractivity contribution in [3.63, 3.8) is 0 Å². The number of hydrogen-bond acceptors (Lipinski definition) is 4. The number of rotatable bonds is 4. The van der Waals surface area contributed by atoms with E-state index in [2.05, 4.69) is 34.3 Å². The summed E-state index contributed by atoms with van der Waals surface area (Å²) in [5.41, 5.74) is 1.75. The van der Waals surface area contributed by atoms with Crippen molar-refractivity contribution in [3.05, 3.63) is 24.0 Å². The van der Waals surface area contributed by atoms with E-state index in [1.54, 1.807) is 0 Å². The Balaban J connectivity index is 2.06. The fourth-order valence-electron chi connectivity index (χ4n) is 2.87. The van der Waals surface area contributed by atoms with Gasteiger partial charge in [0, 0.05) is 19.1 Å². The molecule has 20 heavy (non-hydrogen) atoms. The number of aromatic nitrogens is 1. The maximum absolute atomic E-state index is 10.1. The molecule has 1 fully saturated rings. The van der Waals surface area contributed by atoms with Crippen LogP contribution in [0.5, 0.6) is 0 Å². The van der Waals surface area contributed by atoms with Gasteiger partial charge in [0.25, 0.3) is 0 Å². The molecule has 0 radical (unpaired) electrons. The van der Waals surface area contributed by atoms with Gasteiger partial charge in [-0.15, -0.1) is 0 Å². The fourth-order valence-corrected chi connectivity index (χ4v) is 2.87. The van der Waals surface area contributed by atoms with E-state index in [0.29, 0.717) is 6.04 Å². The molecule has 2 atom stereocenters. The summed E-state index contributed by atoms with van der Waals surface area (Å²) < 4.78 is 0. The Kier molecular flexibility index (Phi) is 5.00. The van der Waals surface area contributed by atoms with Crippen LogP contribution in [0.4, 0.5) is 5.69 Å². The van der Waals surface area contributed by atoms with Crippen molar-refractivity contribution in [2.75, 3.05) is 25.0 Å². The molecule has 1 aliphatic rings. The average Bonchev–Trinajstić information content (AvgIpc) is 2.62. The smallest absolute Gasteiger partial charge is 0.0637 e. The molecule has 4 nitrogen and oxygen atoms in total. The molecule has 0 aromatic carbocycles. The summed E-state index contributed by atoms with van der Waals surface area (Å²) >= 11 is 0. The van der Waals surface area contributed by atoms with Gasteiger partial charge in [0.1, 0.15) is 0 Å². The van der Waals surface area contributed by atoms with Crippen molar-refractivity contribution in [2.24, 2.45) is 0 Å². The molecule has 0 spiro atoms. The van der Waals surface area contributed by atoms with Crippen LogP contribution in [0.2, 0.25) is 0 Å². The molecule has 0 aliphatic carbocycles. The third-order valence-corrected chi connectivity index (χ3v) is 4.31. The number of anilines is 1. The van der Waals surface area contributed by atoms with Crippen molar-refractivity contribution in [2.45, 2.75) is 51.2 Å². The summed E-state index contributed by atoms with van der Waals surface area (Å²) in [4.78, 5) is 6.93. The molecule has 0 amide bonds. The van der Waals surface area contributed by atoms with E-state index >= 15 is 0 Å². The van der Waals surface area contributed by atoms with E-state index in [0.717, 1.165) is 50.2 Å². The van der Waals surface area contributed by atoms with Gasteiger partial charge in [-0.3, -0.25) is 4.98 Å². The molecule has 4 heteroatoms. The molecule has 2 rings (SSSR count). The van der Waals surface area contributed by atoms with Crippen LogP contribution in [-0.4, -0.2) is 35.8 Å². The second-order valence-electron chi connectivity index (χ2n) is 6.03. The lowest BCUT2D eigenvalue weighted by atomic mass is 9.98. The molecular weight excluding hydrogens is 250 g/mol. The highest BCUT2D eigenvalue weighted by molar-refractivity contribution is 5.45. The lowest BCUT2D eigenvalue weighted by Crippen LogP contribution is -2.28. The third kappa shape index (κ3) is 3.70. The van der Waals surface area contributed by atoms with Crippen molar-refractivity contribution in [3.8, 4) is 0 Å². The molecule has 1 saturated heterocycles. The fraction of sp³-hybridized carbons (Fsp3) is 0.688. The number of aliphatic hydroxyl groups is 1. The highest BCUT2D eigenvalue weighted by atomic mass is 16.3. The van der Waals surface area contributed by atoms with E-state index in [9.17, 15) is 5.11 Å². The summed E-state index contributed by atoms with van der Waals surface area (Å²) in [6, 6.07) is 4.60. The summed E-state index contributed by atoms with van der Waals surface area (Å²) in [6.07, 6.45) is 5.74. The van der Waals surface area contributed by atoms with Crippen LogP contribution in [0.15, 0.2) is 18.3 Å². The van der Waals surface area contributed by atoms with Crippen LogP contribution < -0.4 is 10.2 Å². The average molecular weight is 277 g/mol. The molecule has 0 bridgehead atoms. The van der Waals surface area contributed by atoms with Crippen LogP contribution >= 0.6 is 0 Å². The van der Waals surface area contributed by atoms with Gasteiger partial charge in [-0.25, -0.2) is 0 Å². The van der Waals surface area contributed by atoms with Crippen LogP contribution in [0.25, 0.3) is 0 Å². The predicted octanol–water partition coefficient (Wildman–Crippen LogP) is 2.49. The molecule has 0 saturated carbocycles. The van der Waals surface area contributed by atoms with E-state index < -0.39 is 5.60 Å². The minimum atomic E-state index is -0.512. The normalized spacial score (nSPS) is 25.3. The Morgan fingerprint density at radius 1 is 1.40 bits per heavy atom. The Hall–Kier alpha value is -1.13. The van der Waals surface area contributed by atoms with Gasteiger partial charge in [0.15, 0.2) is 0 Å². The SMILES string of the molecule is CCC(NC)c1ccc(N2CCCC(C)(O)CC2)cn1. The van der Waals surface area contributed by atoms with Gasteiger partial charge in [-0.1, -0.05) is 6.92 Å². The standard InChI is InChI=1S/C16H27N3O/c1-4-14(17-3)15-7-6-13(12-18-15)19-10-5-8-16(2,20)9-11-19/h6-7,12,14,17,20H,4-5,8-11H2,1-3H3. The number of hydrogen-bond donors (Lipinski definition) is 2. The first-order valence-electron chi connectivity index (χ1n) is 7.66. The predicted molar refractivity (Wildman–Crippen MR) is 83.0 cm³/mol. The first kappa shape index (κ1) is 15.3. The van der Waals surface area contributed by atoms with Crippen molar-refractivity contribution < 1.29 is 5.11 Å². The maximum Gasteiger partial charge on any atom is 0.0637 e. The lowest BCUT2D eigenvalue weighted by molar-refractivity contribution is 0.0481. The second-order valence-corrected chi connectivity index (χ2v) is 6.03. The molecule has 2 unspecified atom stereocenters. The highest BCUT2D eigenvalue weighted by Gasteiger charge is 2.25. The Morgan fingerprint density at radius 2 is 2.20 bits per heavy atom. The zero-order valence-electron chi connectivity index (χ0n) is 12.9. The Labute approximate surface area is 122 Å². The minimum Gasteiger partial charge on any atom is -0.390 e. The monoisotopic (exact) mass is 277 g/mol. The number of pyridine rings is 1. The molecular formula is C16H27N3O. The summed E-state index contributed by atoms with van der Waals surface area (Å²) in [5, 5.41) is 13.4. The van der Waals surface area contributed by atoms with Gasteiger partial charge in [-0.05, 0) is 51.8 Å². The van der Waals surface area contributed by atoms with E-state index in [4.69, 9.17) is 0 Å². The van der Waals surface area contributed by atoms with Crippen LogP contribution in [0.1, 0.15) is 51.3 Å². The van der Waals surface area contributed by atoms with Gasteiger partial charge in [0.05, 0.1) is 23.2 Å². The summed E-state index contributed by atoms with van der Waals surface area (Å²) in [6.45, 7) is 6.00. The molecule has 1 aliphatic heterocycles. The van der Waals surface area contributed by atoms with Crippen LogP contribution in [-0.2, 0) is 0 Å². The zero-order chi connectivity index (χ0) is 14.6. The molecule has 1 aromatic heterocycles. The van der Waals surface area contributed by atoms with E-state index in [1.165, 1.54) is 0 Å². The maximum atomic E-state index is 10.1. The van der Waals surface area contributed by atoms with E-state index in [-0.39, 0.29) is 0 Å². The summed E-state index contributed by atoms with van der Waals surface area (Å²) in [7, 11) is 1.97. The van der Waals surface area contributed by atoms with E-state index in [1.807, 2.05) is 20.2 Å². The molecule has 112 valence electrons. The molecule has 2 heterocycles. The number of nitrogens with zero attached hydrogens (tertiary/aromatic N) is 2. The van der Waals surface area contributed by atoms with Crippen molar-refractivity contribution in [1.29, 1.82) is 0 Å². The van der Waals surface area contributed by atoms with Crippen LogP contribution in [0, 0.1) is 0 Å². The zero-order valence-corrected chi connectivity index (χ0v) is 12.9. The Bertz CT molecular complexity index is 412. The van der Waals surface area contributed by atoms with Gasteiger partial charge in [-0.2, -0.15) is 0 Å². The Morgan fingerprint density at radius 3 is 2.80 bits per heavy atom.